The lowest BCUT2D eigenvalue weighted by Crippen LogP contribution is -2.05. The van der Waals surface area contributed by atoms with Gasteiger partial charge in [-0.05, 0) is 31.2 Å². The van der Waals surface area contributed by atoms with Crippen molar-refractivity contribution >= 4 is 6.47 Å². The quantitative estimate of drug-likeness (QED) is 0.658. The normalized spacial score (nSPS) is 11.4. The van der Waals surface area contributed by atoms with Gasteiger partial charge in [0.1, 0.15) is 0 Å². The van der Waals surface area contributed by atoms with Crippen molar-refractivity contribution in [3.05, 3.63) is 65.7 Å². The van der Waals surface area contributed by atoms with E-state index in [0.29, 0.717) is 16.9 Å². The number of nitrogens with zero attached hydrogens (tertiary/aromatic N) is 2. The van der Waals surface area contributed by atoms with Gasteiger partial charge in [-0.15, -0.1) is 5.10 Å². The van der Waals surface area contributed by atoms with Gasteiger partial charge in [0.25, 0.3) is 6.47 Å². The highest BCUT2D eigenvalue weighted by Gasteiger charge is 2.30. The van der Waals surface area contributed by atoms with Crippen molar-refractivity contribution in [3.63, 3.8) is 0 Å². The number of carbonyl (C=O) groups is 1. The van der Waals surface area contributed by atoms with E-state index in [1.165, 1.54) is 16.8 Å². The Labute approximate surface area is 141 Å². The molecule has 0 atom stereocenters. The van der Waals surface area contributed by atoms with Crippen molar-refractivity contribution in [2.75, 3.05) is 0 Å². The fraction of sp³-hybridized carbons (Fsp3) is 0.111. The number of carbonyl (C=O) groups excluding carboxylic acids is 1. The summed E-state index contributed by atoms with van der Waals surface area (Å²) in [6, 6.07) is 13.6. The fourth-order valence-corrected chi connectivity index (χ4v) is 2.41. The van der Waals surface area contributed by atoms with E-state index in [-0.39, 0.29) is 12.4 Å². The molecule has 4 nitrogen and oxygen atoms in total. The molecule has 0 bridgehead atoms. The van der Waals surface area contributed by atoms with Crippen LogP contribution in [0.4, 0.5) is 13.2 Å². The van der Waals surface area contributed by atoms with E-state index in [9.17, 15) is 18.0 Å². The first kappa shape index (κ1) is 16.8. The van der Waals surface area contributed by atoms with Gasteiger partial charge in [0.2, 0.25) is 5.88 Å². The van der Waals surface area contributed by atoms with Gasteiger partial charge in [0.05, 0.1) is 16.9 Å². The Balaban J connectivity index is 2.15. The van der Waals surface area contributed by atoms with Gasteiger partial charge in [-0.25, -0.2) is 4.68 Å². The number of ether oxygens (including phenoxy) is 1. The van der Waals surface area contributed by atoms with Crippen LogP contribution in [-0.4, -0.2) is 16.3 Å². The third-order valence-electron chi connectivity index (χ3n) is 3.62. The van der Waals surface area contributed by atoms with E-state index in [1.54, 1.807) is 18.2 Å². The highest BCUT2D eigenvalue weighted by atomic mass is 19.4. The first-order valence-corrected chi connectivity index (χ1v) is 7.33. The average Bonchev–Trinajstić information content (AvgIpc) is 2.99. The minimum absolute atomic E-state index is 0.00277. The molecule has 0 aliphatic carbocycles. The second-order valence-corrected chi connectivity index (χ2v) is 5.41. The summed E-state index contributed by atoms with van der Waals surface area (Å²) in [6.07, 6.45) is -4.45. The maximum atomic E-state index is 13.0. The SMILES string of the molecule is Cc1ccc(-n2nc(OC=O)cc2-c2cccc(C(F)(F)F)c2)cc1. The highest BCUT2D eigenvalue weighted by Crippen LogP contribution is 2.33. The van der Waals surface area contributed by atoms with Crippen molar-refractivity contribution in [1.82, 2.24) is 9.78 Å². The average molecular weight is 346 g/mol. The number of aryl methyl sites for hydroxylation is 1. The molecule has 0 radical (unpaired) electrons. The van der Waals surface area contributed by atoms with Crippen LogP contribution in [0.2, 0.25) is 0 Å². The molecule has 0 aliphatic rings. The Morgan fingerprint density at radius 3 is 2.44 bits per heavy atom. The predicted molar refractivity (Wildman–Crippen MR) is 85.4 cm³/mol. The fourth-order valence-electron chi connectivity index (χ4n) is 2.41. The Bertz CT molecular complexity index is 899. The second kappa shape index (κ2) is 6.43. The smallest absolute Gasteiger partial charge is 0.408 e. The van der Waals surface area contributed by atoms with Crippen molar-refractivity contribution in [3.8, 4) is 22.8 Å². The van der Waals surface area contributed by atoms with E-state index in [2.05, 4.69) is 5.10 Å². The van der Waals surface area contributed by atoms with Crippen LogP contribution in [0.25, 0.3) is 16.9 Å². The van der Waals surface area contributed by atoms with Crippen LogP contribution < -0.4 is 4.74 Å². The molecule has 1 heterocycles. The standard InChI is InChI=1S/C18H13F3N2O2/c1-12-5-7-15(8-6-12)23-16(10-17(22-23)25-11-24)13-3-2-4-14(9-13)18(19,20)21/h2-11H,1H3. The van der Waals surface area contributed by atoms with Crippen LogP contribution in [0.5, 0.6) is 5.88 Å². The number of rotatable bonds is 4. The number of hydrogen-bond acceptors (Lipinski definition) is 3. The number of halogens is 3. The molecule has 0 saturated carbocycles. The molecule has 2 aromatic carbocycles. The van der Waals surface area contributed by atoms with Crippen LogP contribution >= 0.6 is 0 Å². The van der Waals surface area contributed by atoms with Gasteiger partial charge in [-0.1, -0.05) is 29.8 Å². The lowest BCUT2D eigenvalue weighted by molar-refractivity contribution is -0.137. The van der Waals surface area contributed by atoms with E-state index in [4.69, 9.17) is 4.74 Å². The lowest BCUT2D eigenvalue weighted by Gasteiger charge is -2.10. The molecular formula is C18H13F3N2O2. The van der Waals surface area contributed by atoms with Crippen LogP contribution in [0.3, 0.4) is 0 Å². The van der Waals surface area contributed by atoms with Gasteiger partial charge >= 0.3 is 6.18 Å². The maximum absolute atomic E-state index is 13.0. The largest absolute Gasteiger partial charge is 0.416 e. The summed E-state index contributed by atoms with van der Waals surface area (Å²) < 4.78 is 45.1. The van der Waals surface area contributed by atoms with E-state index >= 15 is 0 Å². The molecule has 1 aromatic heterocycles. The Hall–Kier alpha value is -3.09. The molecule has 0 spiro atoms. The van der Waals surface area contributed by atoms with Crippen LogP contribution in [-0.2, 0) is 11.0 Å². The second-order valence-electron chi connectivity index (χ2n) is 5.41. The summed E-state index contributed by atoms with van der Waals surface area (Å²) in [5.41, 5.74) is 1.59. The van der Waals surface area contributed by atoms with Crippen molar-refractivity contribution in [2.45, 2.75) is 13.1 Å². The third-order valence-corrected chi connectivity index (χ3v) is 3.62. The molecule has 0 N–H and O–H groups in total. The molecule has 25 heavy (non-hydrogen) atoms. The zero-order chi connectivity index (χ0) is 18.0. The molecule has 0 fully saturated rings. The molecular weight excluding hydrogens is 333 g/mol. The molecule has 0 aliphatic heterocycles. The van der Waals surface area contributed by atoms with Gasteiger partial charge < -0.3 is 4.74 Å². The van der Waals surface area contributed by atoms with Crippen molar-refractivity contribution in [1.29, 1.82) is 0 Å². The molecule has 0 amide bonds. The van der Waals surface area contributed by atoms with Gasteiger partial charge in [-0.3, -0.25) is 4.79 Å². The minimum Gasteiger partial charge on any atom is -0.408 e. The van der Waals surface area contributed by atoms with Crippen LogP contribution in [0.15, 0.2) is 54.6 Å². The van der Waals surface area contributed by atoms with Crippen molar-refractivity contribution in [2.24, 2.45) is 0 Å². The van der Waals surface area contributed by atoms with Gasteiger partial charge in [0, 0.05) is 11.6 Å². The molecule has 0 unspecified atom stereocenters. The predicted octanol–water partition coefficient (Wildman–Crippen LogP) is 4.40. The minimum atomic E-state index is -4.45. The lowest BCUT2D eigenvalue weighted by atomic mass is 10.1. The summed E-state index contributed by atoms with van der Waals surface area (Å²) in [4.78, 5) is 10.6. The van der Waals surface area contributed by atoms with Gasteiger partial charge in [-0.2, -0.15) is 13.2 Å². The third kappa shape index (κ3) is 3.55. The summed E-state index contributed by atoms with van der Waals surface area (Å²) in [5, 5.41) is 4.15. The Morgan fingerprint density at radius 1 is 1.08 bits per heavy atom. The summed E-state index contributed by atoms with van der Waals surface area (Å²) >= 11 is 0. The Kier molecular flexibility index (Phi) is 4.31. The first-order chi connectivity index (χ1) is 11.9. The number of alkyl halides is 3. The maximum Gasteiger partial charge on any atom is 0.416 e. The Morgan fingerprint density at radius 2 is 1.80 bits per heavy atom. The van der Waals surface area contributed by atoms with Crippen LogP contribution in [0.1, 0.15) is 11.1 Å². The van der Waals surface area contributed by atoms with E-state index < -0.39 is 11.7 Å². The summed E-state index contributed by atoms with van der Waals surface area (Å²) in [6.45, 7) is 2.14. The zero-order valence-corrected chi connectivity index (χ0v) is 13.1. The molecule has 3 rings (SSSR count). The van der Waals surface area contributed by atoms with Crippen molar-refractivity contribution < 1.29 is 22.7 Å². The molecule has 3 aromatic rings. The topological polar surface area (TPSA) is 44.1 Å². The monoisotopic (exact) mass is 346 g/mol. The van der Waals surface area contributed by atoms with Gasteiger partial charge in [0.15, 0.2) is 0 Å². The highest BCUT2D eigenvalue weighted by molar-refractivity contribution is 5.65. The van der Waals surface area contributed by atoms with E-state index in [0.717, 1.165) is 17.7 Å². The molecule has 128 valence electrons. The number of aromatic nitrogens is 2. The summed E-state index contributed by atoms with van der Waals surface area (Å²) in [5.74, 6) is 0.00277. The molecule has 0 saturated heterocycles. The van der Waals surface area contributed by atoms with E-state index in [1.807, 2.05) is 19.1 Å². The number of benzene rings is 2. The number of hydrogen-bond donors (Lipinski definition) is 0. The molecule has 7 heteroatoms. The van der Waals surface area contributed by atoms with Crippen LogP contribution in [0, 0.1) is 6.92 Å². The summed E-state index contributed by atoms with van der Waals surface area (Å²) in [7, 11) is 0. The zero-order valence-electron chi connectivity index (χ0n) is 13.1. The first-order valence-electron chi connectivity index (χ1n) is 7.33.